The maximum atomic E-state index is 12.8. The highest BCUT2D eigenvalue weighted by atomic mass is 32.2. The van der Waals surface area contributed by atoms with Gasteiger partial charge in [-0.15, -0.1) is 0 Å². The summed E-state index contributed by atoms with van der Waals surface area (Å²) in [6.45, 7) is 4.07. The number of rotatable bonds is 6. The third-order valence-electron chi connectivity index (χ3n) is 5.28. The lowest BCUT2D eigenvalue weighted by Crippen LogP contribution is -2.47. The number of nitrogens with zero attached hydrogens (tertiary/aromatic N) is 3. The molecule has 9 heteroatoms. The van der Waals surface area contributed by atoms with Crippen molar-refractivity contribution in [3.8, 4) is 0 Å². The molecular formula is C19H28N4O4S. The third kappa shape index (κ3) is 4.89. The summed E-state index contributed by atoms with van der Waals surface area (Å²) < 4.78 is 27.1. The van der Waals surface area contributed by atoms with Crippen LogP contribution in [0.2, 0.25) is 0 Å². The molecule has 0 atom stereocenters. The van der Waals surface area contributed by atoms with Crippen molar-refractivity contribution in [2.24, 2.45) is 0 Å². The summed E-state index contributed by atoms with van der Waals surface area (Å²) in [5.74, 6) is -0.325. The first-order valence-corrected chi connectivity index (χ1v) is 11.2. The quantitative estimate of drug-likeness (QED) is 0.734. The van der Waals surface area contributed by atoms with E-state index in [1.165, 1.54) is 16.4 Å². The van der Waals surface area contributed by atoms with Gasteiger partial charge in [0.2, 0.25) is 15.9 Å². The highest BCUT2D eigenvalue weighted by Gasteiger charge is 2.28. The van der Waals surface area contributed by atoms with Gasteiger partial charge in [0.05, 0.1) is 4.90 Å². The van der Waals surface area contributed by atoms with E-state index >= 15 is 0 Å². The van der Waals surface area contributed by atoms with Crippen LogP contribution in [0.5, 0.6) is 0 Å². The largest absolute Gasteiger partial charge is 0.352 e. The van der Waals surface area contributed by atoms with E-state index in [2.05, 4.69) is 10.2 Å². The lowest BCUT2D eigenvalue weighted by molar-refractivity contribution is -0.129. The number of piperazine rings is 1. The van der Waals surface area contributed by atoms with Crippen molar-refractivity contribution in [2.75, 3.05) is 52.9 Å². The normalized spacial score (nSPS) is 19.0. The van der Waals surface area contributed by atoms with Crippen LogP contribution in [0.3, 0.4) is 0 Å². The van der Waals surface area contributed by atoms with Crippen molar-refractivity contribution >= 4 is 21.8 Å². The number of carbonyl (C=O) groups excluding carboxylic acids is 2. The van der Waals surface area contributed by atoms with Crippen LogP contribution in [0.1, 0.15) is 29.6 Å². The molecule has 0 radical (unpaired) electrons. The minimum absolute atomic E-state index is 0.0456. The first-order valence-electron chi connectivity index (χ1n) is 9.72. The van der Waals surface area contributed by atoms with Crippen LogP contribution >= 0.6 is 0 Å². The summed E-state index contributed by atoms with van der Waals surface area (Å²) in [6, 6.07) is 6.08. The van der Waals surface area contributed by atoms with Crippen molar-refractivity contribution in [3.63, 3.8) is 0 Å². The maximum absolute atomic E-state index is 12.8. The molecule has 2 amide bonds. The lowest BCUT2D eigenvalue weighted by Gasteiger charge is -2.31. The van der Waals surface area contributed by atoms with Gasteiger partial charge in [0.1, 0.15) is 0 Å². The molecule has 1 N–H and O–H groups in total. The molecule has 0 unspecified atom stereocenters. The van der Waals surface area contributed by atoms with Crippen molar-refractivity contribution in [1.29, 1.82) is 0 Å². The number of benzene rings is 1. The molecule has 0 bridgehead atoms. The summed E-state index contributed by atoms with van der Waals surface area (Å²) in [5.41, 5.74) is 0.281. The van der Waals surface area contributed by atoms with Crippen molar-refractivity contribution in [3.05, 3.63) is 29.8 Å². The molecule has 0 saturated carbocycles. The van der Waals surface area contributed by atoms with E-state index in [0.717, 1.165) is 25.9 Å². The van der Waals surface area contributed by atoms with E-state index < -0.39 is 10.0 Å². The van der Waals surface area contributed by atoms with Crippen LogP contribution in [0.15, 0.2) is 29.2 Å². The van der Waals surface area contributed by atoms with Crippen LogP contribution in [-0.2, 0) is 14.8 Å². The number of hydrogen-bond acceptors (Lipinski definition) is 5. The Bertz CT molecular complexity index is 813. The number of hydrogen-bond donors (Lipinski definition) is 1. The van der Waals surface area contributed by atoms with Crippen molar-refractivity contribution in [1.82, 2.24) is 19.4 Å². The monoisotopic (exact) mass is 408 g/mol. The SMILES string of the molecule is CN1CCN(S(=O)(=O)c2cccc(C(=O)NCCC(=O)N3CCCC3)c2)CC1. The Morgan fingerprint density at radius 3 is 2.39 bits per heavy atom. The fourth-order valence-corrected chi connectivity index (χ4v) is 4.95. The van der Waals surface area contributed by atoms with E-state index in [4.69, 9.17) is 0 Å². The highest BCUT2D eigenvalue weighted by molar-refractivity contribution is 7.89. The van der Waals surface area contributed by atoms with Crippen LogP contribution in [0.25, 0.3) is 0 Å². The van der Waals surface area contributed by atoms with E-state index in [1.807, 2.05) is 11.9 Å². The van der Waals surface area contributed by atoms with E-state index in [0.29, 0.717) is 26.2 Å². The van der Waals surface area contributed by atoms with Gasteiger partial charge in [-0.25, -0.2) is 8.42 Å². The third-order valence-corrected chi connectivity index (χ3v) is 7.17. The van der Waals surface area contributed by atoms with Gasteiger partial charge in [-0.3, -0.25) is 9.59 Å². The minimum Gasteiger partial charge on any atom is -0.352 e. The second-order valence-electron chi connectivity index (χ2n) is 7.33. The molecule has 2 fully saturated rings. The van der Waals surface area contributed by atoms with Gasteiger partial charge in [0.15, 0.2) is 0 Å². The molecule has 0 aromatic heterocycles. The van der Waals surface area contributed by atoms with Gasteiger partial charge in [-0.1, -0.05) is 6.07 Å². The number of nitrogens with one attached hydrogen (secondary N) is 1. The van der Waals surface area contributed by atoms with Gasteiger partial charge in [-0.2, -0.15) is 4.31 Å². The zero-order chi connectivity index (χ0) is 20.1. The summed E-state index contributed by atoms with van der Waals surface area (Å²) in [4.78, 5) is 28.4. The second kappa shape index (κ2) is 9.02. The summed E-state index contributed by atoms with van der Waals surface area (Å²) in [6.07, 6.45) is 2.32. The van der Waals surface area contributed by atoms with Crippen LogP contribution in [0.4, 0.5) is 0 Å². The Morgan fingerprint density at radius 2 is 1.71 bits per heavy atom. The Labute approximate surface area is 166 Å². The Kier molecular flexibility index (Phi) is 6.69. The van der Waals surface area contributed by atoms with Gasteiger partial charge in [-0.05, 0) is 38.1 Å². The zero-order valence-electron chi connectivity index (χ0n) is 16.3. The fraction of sp³-hybridized carbons (Fsp3) is 0.579. The molecule has 1 aromatic rings. The lowest BCUT2D eigenvalue weighted by atomic mass is 10.2. The number of sulfonamides is 1. The number of carbonyl (C=O) groups is 2. The molecular weight excluding hydrogens is 380 g/mol. The van der Waals surface area contributed by atoms with Crippen LogP contribution in [-0.4, -0.2) is 87.2 Å². The molecule has 1 aromatic carbocycles. The van der Waals surface area contributed by atoms with E-state index in [-0.39, 0.29) is 35.2 Å². The Morgan fingerprint density at radius 1 is 1.04 bits per heavy atom. The van der Waals surface area contributed by atoms with Gasteiger partial charge in [0.25, 0.3) is 5.91 Å². The summed E-state index contributed by atoms with van der Waals surface area (Å²) >= 11 is 0. The first-order chi connectivity index (χ1) is 13.4. The van der Waals surface area contributed by atoms with E-state index in [9.17, 15) is 18.0 Å². The Hall–Kier alpha value is -1.97. The average molecular weight is 409 g/mol. The molecule has 2 aliphatic heterocycles. The fourth-order valence-electron chi connectivity index (χ4n) is 3.48. The standard InChI is InChI=1S/C19H28N4O4S/c1-21-11-13-23(14-12-21)28(26,27)17-6-4-5-16(15-17)19(25)20-8-7-18(24)22-9-2-3-10-22/h4-6,15H,2-3,7-14H2,1H3,(H,20,25). The molecule has 2 saturated heterocycles. The van der Waals surface area contributed by atoms with Crippen LogP contribution < -0.4 is 5.32 Å². The van der Waals surface area contributed by atoms with Gasteiger partial charge >= 0.3 is 0 Å². The maximum Gasteiger partial charge on any atom is 0.251 e. The molecule has 8 nitrogen and oxygen atoms in total. The van der Waals surface area contributed by atoms with Crippen molar-refractivity contribution < 1.29 is 18.0 Å². The minimum atomic E-state index is -3.62. The molecule has 28 heavy (non-hydrogen) atoms. The van der Waals surface area contributed by atoms with Crippen LogP contribution in [0, 0.1) is 0 Å². The topological polar surface area (TPSA) is 90.0 Å². The van der Waals surface area contributed by atoms with Gasteiger partial charge in [0, 0.05) is 57.8 Å². The van der Waals surface area contributed by atoms with E-state index in [1.54, 1.807) is 12.1 Å². The molecule has 154 valence electrons. The predicted molar refractivity (Wildman–Crippen MR) is 105 cm³/mol. The number of amides is 2. The number of likely N-dealkylation sites (N-methyl/N-ethyl adjacent to an activating group) is 1. The second-order valence-corrected chi connectivity index (χ2v) is 9.27. The van der Waals surface area contributed by atoms with Crippen molar-refractivity contribution in [2.45, 2.75) is 24.2 Å². The molecule has 3 rings (SSSR count). The van der Waals surface area contributed by atoms with Gasteiger partial charge < -0.3 is 15.1 Å². The highest BCUT2D eigenvalue weighted by Crippen LogP contribution is 2.18. The Balaban J connectivity index is 1.59. The molecule has 0 spiro atoms. The zero-order valence-corrected chi connectivity index (χ0v) is 17.1. The molecule has 2 aliphatic rings. The summed E-state index contributed by atoms with van der Waals surface area (Å²) in [5, 5.41) is 2.72. The first kappa shape index (κ1) is 20.8. The smallest absolute Gasteiger partial charge is 0.251 e. The molecule has 0 aliphatic carbocycles. The average Bonchev–Trinajstić information content (AvgIpc) is 3.23. The predicted octanol–water partition coefficient (Wildman–Crippen LogP) is 0.365. The summed E-state index contributed by atoms with van der Waals surface area (Å²) in [7, 11) is -1.66. The number of likely N-dealkylation sites (tertiary alicyclic amines) is 1. The molecule has 2 heterocycles.